The third-order valence-corrected chi connectivity index (χ3v) is 3.93. The Morgan fingerprint density at radius 3 is 2.74 bits per heavy atom. The number of carbonyl (C=O) groups is 1. The van der Waals surface area contributed by atoms with Crippen LogP contribution in [0.25, 0.3) is 6.08 Å². The molecule has 27 heavy (non-hydrogen) atoms. The third-order valence-electron chi connectivity index (χ3n) is 3.65. The molecular weight excluding hydrogens is 368 g/mol. The standard InChI is InChI=1S/C19H15ClN4O3/c20-17-13-23(12-15-5-2-1-3-6-15)22-19(17)21-18(25)10-9-14-7-4-8-16(11-14)24(26)27/h1-11,13H,12H2,(H,21,22,25)/b10-9+. The largest absolute Gasteiger partial charge is 0.304 e. The van der Waals surface area contributed by atoms with Crippen LogP contribution in [-0.2, 0) is 11.3 Å². The highest BCUT2D eigenvalue weighted by Gasteiger charge is 2.10. The van der Waals surface area contributed by atoms with Crippen LogP contribution in [0.1, 0.15) is 11.1 Å². The number of hydrogen-bond acceptors (Lipinski definition) is 4. The molecule has 1 heterocycles. The summed E-state index contributed by atoms with van der Waals surface area (Å²) in [5, 5.41) is 18.0. The summed E-state index contributed by atoms with van der Waals surface area (Å²) in [7, 11) is 0. The number of anilines is 1. The highest BCUT2D eigenvalue weighted by atomic mass is 35.5. The van der Waals surface area contributed by atoms with E-state index in [1.54, 1.807) is 23.0 Å². The van der Waals surface area contributed by atoms with Crippen molar-refractivity contribution < 1.29 is 9.72 Å². The number of non-ortho nitro benzene ring substituents is 1. The second-order valence-corrected chi connectivity index (χ2v) is 6.09. The zero-order valence-electron chi connectivity index (χ0n) is 14.1. The Kier molecular flexibility index (Phi) is 5.63. The zero-order chi connectivity index (χ0) is 19.2. The number of benzene rings is 2. The molecule has 0 saturated heterocycles. The van der Waals surface area contributed by atoms with Gasteiger partial charge in [-0.25, -0.2) is 0 Å². The molecule has 1 amide bonds. The smallest absolute Gasteiger partial charge is 0.270 e. The highest BCUT2D eigenvalue weighted by molar-refractivity contribution is 6.33. The molecule has 0 aliphatic heterocycles. The molecule has 1 aromatic heterocycles. The molecule has 8 heteroatoms. The van der Waals surface area contributed by atoms with E-state index in [4.69, 9.17) is 11.6 Å². The van der Waals surface area contributed by atoms with Crippen molar-refractivity contribution in [3.63, 3.8) is 0 Å². The SMILES string of the molecule is O=C(/C=C/c1cccc([N+](=O)[O-])c1)Nc1nn(Cc2ccccc2)cc1Cl. The Morgan fingerprint density at radius 1 is 1.22 bits per heavy atom. The number of aromatic nitrogens is 2. The van der Waals surface area contributed by atoms with Gasteiger partial charge >= 0.3 is 0 Å². The number of amides is 1. The summed E-state index contributed by atoms with van der Waals surface area (Å²) in [5.41, 5.74) is 1.56. The van der Waals surface area contributed by atoms with E-state index >= 15 is 0 Å². The minimum Gasteiger partial charge on any atom is -0.304 e. The molecule has 0 bridgehead atoms. The van der Waals surface area contributed by atoms with E-state index in [-0.39, 0.29) is 11.5 Å². The number of nitro benzene ring substituents is 1. The van der Waals surface area contributed by atoms with Gasteiger partial charge in [-0.2, -0.15) is 5.10 Å². The summed E-state index contributed by atoms with van der Waals surface area (Å²) in [6.07, 6.45) is 4.39. The molecule has 3 aromatic rings. The van der Waals surface area contributed by atoms with E-state index in [2.05, 4.69) is 10.4 Å². The van der Waals surface area contributed by atoms with Gasteiger partial charge in [-0.05, 0) is 17.2 Å². The third kappa shape index (κ3) is 5.02. The van der Waals surface area contributed by atoms with Gasteiger partial charge < -0.3 is 5.32 Å². The number of carbonyl (C=O) groups excluding carboxylic acids is 1. The minimum absolute atomic E-state index is 0.0414. The van der Waals surface area contributed by atoms with Crippen molar-refractivity contribution in [2.45, 2.75) is 6.54 Å². The molecule has 3 rings (SSSR count). The number of nitrogens with one attached hydrogen (secondary N) is 1. The van der Waals surface area contributed by atoms with Crippen LogP contribution in [-0.4, -0.2) is 20.6 Å². The Bertz CT molecular complexity index is 999. The van der Waals surface area contributed by atoms with Gasteiger partial charge in [0.2, 0.25) is 5.91 Å². The molecule has 0 unspecified atom stereocenters. The minimum atomic E-state index is -0.490. The maximum absolute atomic E-state index is 12.1. The van der Waals surface area contributed by atoms with Gasteiger partial charge in [-0.3, -0.25) is 19.6 Å². The van der Waals surface area contributed by atoms with Crippen LogP contribution in [0.2, 0.25) is 5.02 Å². The van der Waals surface area contributed by atoms with Crippen molar-refractivity contribution in [1.29, 1.82) is 0 Å². The molecule has 0 atom stereocenters. The summed E-state index contributed by atoms with van der Waals surface area (Å²) in [5.74, 6) is -0.186. The Morgan fingerprint density at radius 2 is 2.00 bits per heavy atom. The van der Waals surface area contributed by atoms with Crippen LogP contribution in [0.15, 0.2) is 66.9 Å². The molecule has 0 radical (unpaired) electrons. The molecule has 1 N–H and O–H groups in total. The van der Waals surface area contributed by atoms with Crippen LogP contribution in [0.5, 0.6) is 0 Å². The summed E-state index contributed by atoms with van der Waals surface area (Å²) < 4.78 is 1.64. The summed E-state index contributed by atoms with van der Waals surface area (Å²) in [6, 6.07) is 15.7. The first kappa shape index (κ1) is 18.3. The predicted molar refractivity (Wildman–Crippen MR) is 104 cm³/mol. The van der Waals surface area contributed by atoms with Crippen molar-refractivity contribution in [1.82, 2.24) is 9.78 Å². The normalized spacial score (nSPS) is 10.9. The van der Waals surface area contributed by atoms with Crippen LogP contribution in [0, 0.1) is 10.1 Å². The van der Waals surface area contributed by atoms with Crippen LogP contribution < -0.4 is 5.32 Å². The topological polar surface area (TPSA) is 90.1 Å². The quantitative estimate of drug-likeness (QED) is 0.394. The first-order valence-electron chi connectivity index (χ1n) is 8.01. The van der Waals surface area contributed by atoms with Gasteiger partial charge in [0.05, 0.1) is 11.5 Å². The van der Waals surface area contributed by atoms with Gasteiger partial charge in [-0.1, -0.05) is 54.1 Å². The predicted octanol–water partition coefficient (Wildman–Crippen LogP) is 4.14. The monoisotopic (exact) mass is 382 g/mol. The van der Waals surface area contributed by atoms with E-state index in [1.165, 1.54) is 24.3 Å². The van der Waals surface area contributed by atoms with Crippen LogP contribution in [0.3, 0.4) is 0 Å². The molecule has 136 valence electrons. The fraction of sp³-hybridized carbons (Fsp3) is 0.0526. The van der Waals surface area contributed by atoms with Crippen molar-refractivity contribution in [3.8, 4) is 0 Å². The summed E-state index contributed by atoms with van der Waals surface area (Å²) in [6.45, 7) is 0.528. The van der Waals surface area contributed by atoms with E-state index in [1.807, 2.05) is 30.3 Å². The molecule has 0 aliphatic rings. The van der Waals surface area contributed by atoms with E-state index in [9.17, 15) is 14.9 Å². The molecule has 0 aliphatic carbocycles. The maximum Gasteiger partial charge on any atom is 0.270 e. The van der Waals surface area contributed by atoms with Crippen molar-refractivity contribution >= 4 is 35.1 Å². The van der Waals surface area contributed by atoms with Gasteiger partial charge in [0, 0.05) is 24.4 Å². The van der Waals surface area contributed by atoms with Crippen molar-refractivity contribution in [3.05, 3.63) is 93.1 Å². The lowest BCUT2D eigenvalue weighted by Crippen LogP contribution is -2.09. The summed E-state index contributed by atoms with van der Waals surface area (Å²) in [4.78, 5) is 22.4. The van der Waals surface area contributed by atoms with Gasteiger partial charge in [0.25, 0.3) is 5.69 Å². The fourth-order valence-electron chi connectivity index (χ4n) is 2.41. The second-order valence-electron chi connectivity index (χ2n) is 5.68. The lowest BCUT2D eigenvalue weighted by atomic mass is 10.2. The first-order valence-corrected chi connectivity index (χ1v) is 8.39. The Hall–Kier alpha value is -3.45. The van der Waals surface area contributed by atoms with E-state index < -0.39 is 10.8 Å². The van der Waals surface area contributed by atoms with Crippen LogP contribution in [0.4, 0.5) is 11.5 Å². The van der Waals surface area contributed by atoms with Gasteiger partial charge in [0.1, 0.15) is 5.02 Å². The molecule has 0 saturated carbocycles. The molecule has 0 fully saturated rings. The second kappa shape index (κ2) is 8.29. The van der Waals surface area contributed by atoms with Crippen molar-refractivity contribution in [2.24, 2.45) is 0 Å². The summed E-state index contributed by atoms with van der Waals surface area (Å²) >= 11 is 6.13. The zero-order valence-corrected chi connectivity index (χ0v) is 14.8. The number of rotatable bonds is 6. The number of hydrogen-bond donors (Lipinski definition) is 1. The Labute approximate surface area is 160 Å². The molecule has 7 nitrogen and oxygen atoms in total. The van der Waals surface area contributed by atoms with E-state index in [0.717, 1.165) is 5.56 Å². The highest BCUT2D eigenvalue weighted by Crippen LogP contribution is 2.20. The van der Waals surface area contributed by atoms with Gasteiger partial charge in [-0.15, -0.1) is 0 Å². The average molecular weight is 383 g/mol. The lowest BCUT2D eigenvalue weighted by molar-refractivity contribution is -0.384. The average Bonchev–Trinajstić information content (AvgIpc) is 3.00. The van der Waals surface area contributed by atoms with Crippen LogP contribution >= 0.6 is 11.6 Å². The number of nitrogens with zero attached hydrogens (tertiary/aromatic N) is 3. The fourth-order valence-corrected chi connectivity index (χ4v) is 2.60. The Balaban J connectivity index is 1.66. The first-order chi connectivity index (χ1) is 13.0. The van der Waals surface area contributed by atoms with Gasteiger partial charge in [0.15, 0.2) is 5.82 Å². The molecular formula is C19H15ClN4O3. The van der Waals surface area contributed by atoms with E-state index in [0.29, 0.717) is 17.1 Å². The molecule has 0 spiro atoms. The molecule has 2 aromatic carbocycles. The number of halogens is 1. The lowest BCUT2D eigenvalue weighted by Gasteiger charge is -2.01. The maximum atomic E-state index is 12.1. The van der Waals surface area contributed by atoms with Crippen molar-refractivity contribution in [2.75, 3.05) is 5.32 Å². The number of nitro groups is 1.